The molecule has 43 heavy (non-hydrogen) atoms. The zero-order chi connectivity index (χ0) is 30.6. The molecule has 232 valence electrons. The minimum absolute atomic E-state index is 0.0925. The van der Waals surface area contributed by atoms with Crippen LogP contribution in [0.1, 0.15) is 29.3 Å². The van der Waals surface area contributed by atoms with Gasteiger partial charge in [-0.3, -0.25) is 14.6 Å². The number of morpholine rings is 1. The number of anilines is 1. The number of benzene rings is 2. The number of hydrogen-bond acceptors (Lipinski definition) is 9. The molecule has 2 saturated heterocycles. The van der Waals surface area contributed by atoms with Crippen molar-refractivity contribution in [2.45, 2.75) is 25.2 Å². The molecule has 0 saturated carbocycles. The molecule has 3 heterocycles. The maximum absolute atomic E-state index is 13.9. The highest BCUT2D eigenvalue weighted by atomic mass is 35.5. The maximum atomic E-state index is 13.9. The van der Waals surface area contributed by atoms with E-state index in [1.165, 1.54) is 32.7 Å². The number of rotatable bonds is 9. The minimum Gasteiger partial charge on any atom is -0.450 e. The van der Waals surface area contributed by atoms with Crippen LogP contribution >= 0.6 is 22.9 Å². The number of fused-ring (bicyclic) bond motifs is 1. The Morgan fingerprint density at radius 2 is 1.74 bits per heavy atom. The van der Waals surface area contributed by atoms with E-state index < -0.39 is 16.1 Å². The zero-order valence-corrected chi connectivity index (χ0v) is 26.7. The van der Waals surface area contributed by atoms with Gasteiger partial charge in [0.2, 0.25) is 10.0 Å². The Hall–Kier alpha value is -2.81. The molecule has 2 fully saturated rings. The third-order valence-electron chi connectivity index (χ3n) is 7.63. The lowest BCUT2D eigenvalue weighted by Crippen LogP contribution is -2.50. The van der Waals surface area contributed by atoms with Gasteiger partial charge in [-0.2, -0.15) is 4.31 Å². The quantitative estimate of drug-likeness (QED) is 0.341. The number of nitrogens with zero attached hydrogens (tertiary/aromatic N) is 5. The van der Waals surface area contributed by atoms with E-state index in [1.807, 2.05) is 19.1 Å². The number of thiazole rings is 1. The first-order chi connectivity index (χ1) is 20.7. The third-order valence-corrected chi connectivity index (χ3v) is 11.1. The van der Waals surface area contributed by atoms with Gasteiger partial charge >= 0.3 is 6.09 Å². The lowest BCUT2D eigenvalue weighted by atomic mass is 10.2. The molecule has 2 amide bonds. The van der Waals surface area contributed by atoms with Gasteiger partial charge in [0, 0.05) is 57.9 Å². The topological polar surface area (TPSA) is 113 Å². The maximum Gasteiger partial charge on any atom is 0.409 e. The van der Waals surface area contributed by atoms with E-state index in [9.17, 15) is 18.0 Å². The Morgan fingerprint density at radius 3 is 2.40 bits per heavy atom. The molecule has 0 N–H and O–H groups in total. The summed E-state index contributed by atoms with van der Waals surface area (Å²) in [6.45, 7) is 9.17. The predicted octanol–water partition coefficient (Wildman–Crippen LogP) is 4.09. The van der Waals surface area contributed by atoms with Crippen molar-refractivity contribution in [3.63, 3.8) is 0 Å². The second-order valence-electron chi connectivity index (χ2n) is 10.4. The number of carbonyl (C=O) groups is 2. The standard InChI is InChI=1S/C29H36ClN5O6S2/c1-3-41-29(37)33-13-15-34(16-14-33)43(38,39)23-8-6-22(7-9-23)27(36)35(12-4-11-32-17-19-40-20-18-32)28-31-25-21(2)5-10-24(30)26(25)42-28/h5-10H,3-4,11-20H2,1-2H3. The Balaban J connectivity index is 1.33. The second-order valence-corrected chi connectivity index (χ2v) is 13.7. The molecule has 2 aromatic carbocycles. The zero-order valence-electron chi connectivity index (χ0n) is 24.3. The number of aromatic nitrogens is 1. The second kappa shape index (κ2) is 13.9. The first-order valence-corrected chi connectivity index (χ1v) is 17.0. The van der Waals surface area contributed by atoms with Crippen molar-refractivity contribution in [2.75, 3.05) is 77.1 Å². The third kappa shape index (κ3) is 7.13. The van der Waals surface area contributed by atoms with E-state index in [0.717, 1.165) is 41.8 Å². The van der Waals surface area contributed by atoms with Crippen LogP contribution in [0.25, 0.3) is 10.2 Å². The van der Waals surface area contributed by atoms with E-state index in [4.69, 9.17) is 26.1 Å². The SMILES string of the molecule is CCOC(=O)N1CCN(S(=O)(=O)c2ccc(C(=O)N(CCCN3CCOCC3)c3nc4c(C)ccc(Cl)c4s3)cc2)CC1. The van der Waals surface area contributed by atoms with Crippen LogP contribution in [0.4, 0.5) is 9.93 Å². The van der Waals surface area contributed by atoms with Gasteiger partial charge < -0.3 is 14.4 Å². The van der Waals surface area contributed by atoms with Gasteiger partial charge in [0.05, 0.1) is 40.0 Å². The fourth-order valence-corrected chi connectivity index (χ4v) is 7.93. The summed E-state index contributed by atoms with van der Waals surface area (Å²) in [6, 6.07) is 9.77. The highest BCUT2D eigenvalue weighted by Gasteiger charge is 2.31. The number of amides is 2. The molecule has 0 radical (unpaired) electrons. The molecule has 5 rings (SSSR count). The van der Waals surface area contributed by atoms with Gasteiger partial charge in [-0.1, -0.05) is 29.0 Å². The molecule has 0 unspecified atom stereocenters. The van der Waals surface area contributed by atoms with Crippen molar-refractivity contribution in [1.29, 1.82) is 0 Å². The molecule has 0 spiro atoms. The fraction of sp³-hybridized carbons (Fsp3) is 0.483. The molecule has 1 aromatic heterocycles. The van der Waals surface area contributed by atoms with Crippen molar-refractivity contribution < 1.29 is 27.5 Å². The average molecular weight is 650 g/mol. The molecule has 14 heteroatoms. The van der Waals surface area contributed by atoms with Crippen LogP contribution in [0.3, 0.4) is 0 Å². The van der Waals surface area contributed by atoms with Crippen LogP contribution in [-0.2, 0) is 19.5 Å². The summed E-state index contributed by atoms with van der Waals surface area (Å²) in [5.74, 6) is -0.262. The lowest BCUT2D eigenvalue weighted by Gasteiger charge is -2.33. The van der Waals surface area contributed by atoms with Crippen LogP contribution in [0, 0.1) is 6.92 Å². The van der Waals surface area contributed by atoms with Gasteiger partial charge in [-0.05, 0) is 56.2 Å². The van der Waals surface area contributed by atoms with Crippen molar-refractivity contribution in [1.82, 2.24) is 19.1 Å². The number of ether oxygens (including phenoxy) is 2. The van der Waals surface area contributed by atoms with E-state index in [-0.39, 0.29) is 43.6 Å². The number of halogens is 1. The predicted molar refractivity (Wildman–Crippen MR) is 167 cm³/mol. The molecule has 2 aliphatic rings. The van der Waals surface area contributed by atoms with Crippen LogP contribution < -0.4 is 4.90 Å². The summed E-state index contributed by atoms with van der Waals surface area (Å²) in [5.41, 5.74) is 2.10. The Labute approximate surface area is 261 Å². The Kier molecular flexibility index (Phi) is 10.2. The number of hydrogen-bond donors (Lipinski definition) is 0. The number of piperazine rings is 1. The number of aryl methyl sites for hydroxylation is 1. The Morgan fingerprint density at radius 1 is 1.05 bits per heavy atom. The van der Waals surface area contributed by atoms with Crippen LogP contribution in [-0.4, -0.2) is 112 Å². The van der Waals surface area contributed by atoms with Crippen molar-refractivity contribution >= 4 is 60.3 Å². The van der Waals surface area contributed by atoms with E-state index >= 15 is 0 Å². The summed E-state index contributed by atoms with van der Waals surface area (Å²) in [6.07, 6.45) is 0.293. The smallest absolute Gasteiger partial charge is 0.409 e. The fourth-order valence-electron chi connectivity index (χ4n) is 5.17. The van der Waals surface area contributed by atoms with E-state index in [1.54, 1.807) is 24.0 Å². The van der Waals surface area contributed by atoms with E-state index in [2.05, 4.69) is 4.90 Å². The van der Waals surface area contributed by atoms with Gasteiger partial charge in [0.1, 0.15) is 0 Å². The first-order valence-electron chi connectivity index (χ1n) is 14.4. The monoisotopic (exact) mass is 649 g/mol. The summed E-state index contributed by atoms with van der Waals surface area (Å²) in [5, 5.41) is 1.14. The molecule has 3 aromatic rings. The van der Waals surface area contributed by atoms with Crippen molar-refractivity contribution in [3.05, 3.63) is 52.5 Å². The summed E-state index contributed by atoms with van der Waals surface area (Å²) >= 11 is 7.85. The van der Waals surface area contributed by atoms with Crippen LogP contribution in [0.15, 0.2) is 41.3 Å². The lowest BCUT2D eigenvalue weighted by molar-refractivity contribution is 0.0376. The molecular formula is C29H36ClN5O6S2. The number of sulfonamides is 1. The van der Waals surface area contributed by atoms with Gasteiger partial charge in [0.25, 0.3) is 5.91 Å². The molecule has 0 atom stereocenters. The summed E-state index contributed by atoms with van der Waals surface area (Å²) in [7, 11) is -3.80. The van der Waals surface area contributed by atoms with Gasteiger partial charge in [-0.25, -0.2) is 18.2 Å². The largest absolute Gasteiger partial charge is 0.450 e. The molecule has 11 nitrogen and oxygen atoms in total. The molecular weight excluding hydrogens is 614 g/mol. The van der Waals surface area contributed by atoms with E-state index in [0.29, 0.717) is 35.5 Å². The highest BCUT2D eigenvalue weighted by molar-refractivity contribution is 7.89. The number of carbonyl (C=O) groups excluding carboxylic acids is 2. The van der Waals surface area contributed by atoms with Gasteiger partial charge in [0.15, 0.2) is 5.13 Å². The highest BCUT2D eigenvalue weighted by Crippen LogP contribution is 2.36. The first kappa shape index (κ1) is 31.6. The summed E-state index contributed by atoms with van der Waals surface area (Å²) in [4.78, 5) is 36.3. The van der Waals surface area contributed by atoms with Crippen molar-refractivity contribution in [3.8, 4) is 0 Å². The molecule has 2 aliphatic heterocycles. The van der Waals surface area contributed by atoms with Crippen LogP contribution in [0.2, 0.25) is 5.02 Å². The molecule has 0 aliphatic carbocycles. The molecule has 0 bridgehead atoms. The summed E-state index contributed by atoms with van der Waals surface area (Å²) < 4.78 is 39.3. The van der Waals surface area contributed by atoms with Crippen molar-refractivity contribution in [2.24, 2.45) is 0 Å². The minimum atomic E-state index is -3.80. The normalized spacial score (nSPS) is 16.9. The average Bonchev–Trinajstić information content (AvgIpc) is 3.48. The Bertz CT molecular complexity index is 1510. The van der Waals surface area contributed by atoms with Crippen LogP contribution in [0.5, 0.6) is 0 Å². The van der Waals surface area contributed by atoms with Gasteiger partial charge in [-0.15, -0.1) is 0 Å².